The van der Waals surface area contributed by atoms with E-state index in [1.807, 2.05) is 11.7 Å². The maximum Gasteiger partial charge on any atom is 0.319 e. The Morgan fingerprint density at radius 2 is 1.75 bits per heavy atom. The number of ether oxygens (including phenoxy) is 2. The smallest absolute Gasteiger partial charge is 0.319 e. The first kappa shape index (κ1) is 53.7. The summed E-state index contributed by atoms with van der Waals surface area (Å²) < 4.78 is 46.2. The molecule has 16 nitrogen and oxygen atoms in total. The van der Waals surface area contributed by atoms with E-state index in [-0.39, 0.29) is 109 Å². The number of pyridine rings is 1. The van der Waals surface area contributed by atoms with Crippen LogP contribution in [0.1, 0.15) is 111 Å². The number of hydrogen-bond acceptors (Lipinski definition) is 13. The molecule has 3 aromatic heterocycles. The summed E-state index contributed by atoms with van der Waals surface area (Å²) in [5, 5.41) is 34.5. The topological polar surface area (TPSA) is 185 Å². The SMILES string of the molecule is C#Cc1c(F)ccc2cc(O)cc(-c3nc4c5c(nc(OCC67CCCN6[C@H](CO)CC7)nc5c3F)N3CCCOCC3CC4)c12.Cn1nc(C2CCC(=O)NC2=O)c2ccc(C3CCN(C4CC[N-]CC4)CC3)cc21.[Y]. The average Bonchev–Trinajstić information content (AvgIpc) is 4.02. The van der Waals surface area contributed by atoms with E-state index in [9.17, 15) is 24.2 Å². The number of imide groups is 1. The quantitative estimate of drug-likeness (QED) is 0.101. The van der Waals surface area contributed by atoms with Gasteiger partial charge in [0.25, 0.3) is 0 Å². The number of terminal acetylenes is 1. The minimum atomic E-state index is -0.724. The predicted octanol–water partition coefficient (Wildman–Crippen LogP) is 7.53. The van der Waals surface area contributed by atoms with Crippen LogP contribution in [-0.2, 0) is 60.5 Å². The molecule has 4 atom stereocenters. The summed E-state index contributed by atoms with van der Waals surface area (Å²) >= 11 is 0. The third kappa shape index (κ3) is 10.1. The van der Waals surface area contributed by atoms with Gasteiger partial charge in [-0.15, -0.1) is 19.5 Å². The van der Waals surface area contributed by atoms with Crippen LogP contribution < -0.4 is 15.0 Å². The van der Waals surface area contributed by atoms with E-state index in [2.05, 4.69) is 59.5 Å². The van der Waals surface area contributed by atoms with Crippen molar-refractivity contribution in [3.8, 4) is 35.4 Å². The summed E-state index contributed by atoms with van der Waals surface area (Å²) in [5.74, 6) is 1.33. The molecule has 2 amide bonds. The number of likely N-dealkylation sites (tertiary alicyclic amines) is 1. The number of fused-ring (bicyclic) bond motifs is 5. The number of benzene rings is 3. The van der Waals surface area contributed by atoms with Gasteiger partial charge < -0.3 is 34.8 Å². The summed E-state index contributed by atoms with van der Waals surface area (Å²) in [6.45, 7) is 7.54. The molecule has 77 heavy (non-hydrogen) atoms. The van der Waals surface area contributed by atoms with Crippen LogP contribution in [-0.4, -0.2) is 146 Å². The number of piperidine rings is 3. The van der Waals surface area contributed by atoms with E-state index in [1.165, 1.54) is 68.6 Å². The molecule has 7 aliphatic heterocycles. The van der Waals surface area contributed by atoms with Crippen molar-refractivity contribution < 1.29 is 70.8 Å². The second-order valence-corrected chi connectivity index (χ2v) is 21.9. The van der Waals surface area contributed by atoms with Gasteiger partial charge in [0.2, 0.25) is 11.8 Å². The fraction of sp³-hybridized carbons (Fsp3) is 0.517. The van der Waals surface area contributed by atoms with Gasteiger partial charge in [0.15, 0.2) is 5.82 Å². The average molecular weight is 1130 g/mol. The molecule has 7 aliphatic rings. The number of nitrogens with zero attached hydrogens (tertiary/aromatic N) is 9. The van der Waals surface area contributed by atoms with Gasteiger partial charge in [0, 0.05) is 87.7 Å². The number of phenolic OH excluding ortho intramolecular Hbond substituents is 1. The molecular formula is C58H65F2N10O6Y-. The van der Waals surface area contributed by atoms with Crippen molar-refractivity contribution in [3.63, 3.8) is 0 Å². The number of aryl methyl sites for hydroxylation is 2. The van der Waals surface area contributed by atoms with Gasteiger partial charge in [0.1, 0.15) is 35.2 Å². The fourth-order valence-corrected chi connectivity index (χ4v) is 13.7. The summed E-state index contributed by atoms with van der Waals surface area (Å²) in [6.07, 6.45) is 17.2. The molecule has 401 valence electrons. The van der Waals surface area contributed by atoms with Crippen molar-refractivity contribution in [2.45, 2.75) is 119 Å². The number of aliphatic hydroxyl groups is 1. The van der Waals surface area contributed by atoms with Crippen molar-refractivity contribution in [1.29, 1.82) is 0 Å². The Balaban J connectivity index is 0.000000176. The normalized spacial score (nSPS) is 24.4. The number of hydrogen-bond donors (Lipinski definition) is 3. The second-order valence-electron chi connectivity index (χ2n) is 21.9. The van der Waals surface area contributed by atoms with Gasteiger partial charge in [-0.25, -0.2) is 13.8 Å². The van der Waals surface area contributed by atoms with Gasteiger partial charge in [-0.1, -0.05) is 37.0 Å². The van der Waals surface area contributed by atoms with Crippen LogP contribution in [0.25, 0.3) is 49.2 Å². The van der Waals surface area contributed by atoms with Gasteiger partial charge in [0.05, 0.1) is 58.6 Å². The number of aromatic hydroxyl groups is 1. The van der Waals surface area contributed by atoms with Crippen LogP contribution in [0.3, 0.4) is 0 Å². The fourth-order valence-electron chi connectivity index (χ4n) is 13.7. The first-order chi connectivity index (χ1) is 37.0. The number of aliphatic hydroxyl groups excluding tert-OH is 1. The molecule has 0 saturated carbocycles. The van der Waals surface area contributed by atoms with Gasteiger partial charge in [-0.3, -0.25) is 24.5 Å². The molecule has 6 fully saturated rings. The molecule has 0 aliphatic carbocycles. The molecule has 3 N–H and O–H groups in total. The number of carbonyl (C=O) groups is 2. The minimum absolute atomic E-state index is 0. The van der Waals surface area contributed by atoms with Crippen molar-refractivity contribution in [2.24, 2.45) is 7.05 Å². The van der Waals surface area contributed by atoms with Crippen molar-refractivity contribution in [1.82, 2.24) is 39.8 Å². The van der Waals surface area contributed by atoms with E-state index in [0.29, 0.717) is 85.6 Å². The van der Waals surface area contributed by atoms with Crippen molar-refractivity contribution >= 4 is 50.2 Å². The number of anilines is 1. The van der Waals surface area contributed by atoms with Crippen molar-refractivity contribution in [2.75, 3.05) is 70.6 Å². The third-order valence-electron chi connectivity index (χ3n) is 17.6. The Kier molecular flexibility index (Phi) is 15.7. The van der Waals surface area contributed by atoms with Crippen LogP contribution >= 0.6 is 0 Å². The van der Waals surface area contributed by atoms with E-state index in [1.54, 1.807) is 0 Å². The number of phenols is 1. The Hall–Kier alpha value is -5.26. The van der Waals surface area contributed by atoms with Gasteiger partial charge >= 0.3 is 6.01 Å². The van der Waals surface area contributed by atoms with E-state index < -0.39 is 11.6 Å². The standard InChI is InChI=1S/C35H35F2N5O4.C23H30N5O2.Y/c1-2-24-26(36)7-5-20-15-23(44)16-25(28(20)24)31-30(37)32-29-27(38-31)8-6-22-18-45-14-4-12-41(22)33(29)40-34(39-32)46-19-35-10-3-13-42(35)21(17-43)9-11-35;1-27-20-14-16(15-8-12-28(13-9-15)17-6-10-24-11-7-17)2-3-18(20)22(26-27)19-4-5-21(29)25-23(19)30;/h1,5,7,15-16,21-22,43-44H,3-4,6,8-14,17-19H2;2-3,14-15,17,19H,4-13H2,1H3,(H,25,29,30);/q;-1;/t21-,22?,35?;;/m0../s1. The minimum Gasteiger partial charge on any atom is -0.662 e. The van der Waals surface area contributed by atoms with E-state index in [4.69, 9.17) is 25.9 Å². The van der Waals surface area contributed by atoms with Crippen LogP contribution in [0.2, 0.25) is 0 Å². The van der Waals surface area contributed by atoms with E-state index in [0.717, 1.165) is 74.4 Å². The molecule has 0 bridgehead atoms. The van der Waals surface area contributed by atoms with Crippen molar-refractivity contribution in [3.05, 3.63) is 81.9 Å². The van der Waals surface area contributed by atoms with Gasteiger partial charge in [-0.05, 0) is 125 Å². The zero-order valence-electron chi connectivity index (χ0n) is 43.7. The Labute approximate surface area is 471 Å². The molecule has 3 unspecified atom stereocenters. The largest absolute Gasteiger partial charge is 0.662 e. The molecule has 3 aromatic carbocycles. The van der Waals surface area contributed by atoms with Crippen LogP contribution in [0, 0.1) is 24.0 Å². The summed E-state index contributed by atoms with van der Waals surface area (Å²) in [6, 6.07) is 13.1. The summed E-state index contributed by atoms with van der Waals surface area (Å²) in [7, 11) is 1.94. The predicted molar refractivity (Wildman–Crippen MR) is 284 cm³/mol. The zero-order chi connectivity index (χ0) is 52.2. The molecule has 19 heteroatoms. The second kappa shape index (κ2) is 22.5. The molecular weight excluding hydrogens is 1060 g/mol. The molecule has 6 aromatic rings. The maximum atomic E-state index is 17.0. The summed E-state index contributed by atoms with van der Waals surface area (Å²) in [4.78, 5) is 45.5. The Morgan fingerprint density at radius 1 is 0.922 bits per heavy atom. The molecule has 13 rings (SSSR count). The first-order valence-corrected chi connectivity index (χ1v) is 27.4. The number of carbonyl (C=O) groups excluding carboxylic acids is 2. The maximum absolute atomic E-state index is 17.0. The number of nitrogens with one attached hydrogen (secondary N) is 1. The number of aromatic nitrogens is 5. The number of halogens is 2. The molecule has 0 spiro atoms. The van der Waals surface area contributed by atoms with Crippen LogP contribution in [0.15, 0.2) is 42.5 Å². The van der Waals surface area contributed by atoms with Gasteiger partial charge in [-0.2, -0.15) is 15.1 Å². The van der Waals surface area contributed by atoms with Crippen LogP contribution in [0.5, 0.6) is 11.8 Å². The molecule has 1 radical (unpaired) electrons. The van der Waals surface area contributed by atoms with E-state index >= 15 is 4.39 Å². The number of rotatable bonds is 8. The summed E-state index contributed by atoms with van der Waals surface area (Å²) in [5.41, 5.74) is 3.77. The van der Waals surface area contributed by atoms with Crippen LogP contribution in [0.4, 0.5) is 14.6 Å². The number of amides is 2. The Bertz CT molecular complexity index is 3280. The monoisotopic (exact) mass is 1120 g/mol. The third-order valence-corrected chi connectivity index (χ3v) is 17.6. The molecule has 6 saturated heterocycles. The molecule has 10 heterocycles. The Morgan fingerprint density at radius 3 is 2.55 bits per heavy atom. The zero-order valence-corrected chi connectivity index (χ0v) is 46.5. The first-order valence-electron chi connectivity index (χ1n) is 27.4.